The van der Waals surface area contributed by atoms with E-state index >= 15 is 0 Å². The molecule has 0 bridgehead atoms. The van der Waals surface area contributed by atoms with Crippen LogP contribution in [0, 0.1) is 13.8 Å². The fraction of sp³-hybridized carbons (Fsp3) is 0.286. The van der Waals surface area contributed by atoms with E-state index in [1.807, 2.05) is 13.0 Å². The van der Waals surface area contributed by atoms with E-state index in [9.17, 15) is 0 Å². The molecule has 0 aromatic heterocycles. The molecule has 0 radical (unpaired) electrons. The van der Waals surface area contributed by atoms with Crippen LogP contribution < -0.4 is 9.47 Å². The largest absolute Gasteiger partial charge is 0.496 e. The van der Waals surface area contributed by atoms with Gasteiger partial charge in [-0.3, -0.25) is 0 Å². The van der Waals surface area contributed by atoms with Gasteiger partial charge in [-0.15, -0.1) is 0 Å². The fourth-order valence-corrected chi connectivity index (χ4v) is 2.03. The molecule has 0 aliphatic rings. The van der Waals surface area contributed by atoms with E-state index in [0.29, 0.717) is 0 Å². The van der Waals surface area contributed by atoms with Gasteiger partial charge in [0.1, 0.15) is 11.5 Å². The highest BCUT2D eigenvalue weighted by molar-refractivity contribution is 5.91. The third-order valence-corrected chi connectivity index (χ3v) is 2.89. The summed E-state index contributed by atoms with van der Waals surface area (Å²) in [4.78, 5) is 0. The zero-order valence-corrected chi connectivity index (χ0v) is 10.1. The normalized spacial score (nSPS) is 10.5. The molecular formula is C14H16O2. The second-order valence-corrected chi connectivity index (χ2v) is 3.96. The second kappa shape index (κ2) is 4.05. The van der Waals surface area contributed by atoms with Crippen molar-refractivity contribution < 1.29 is 9.47 Å². The van der Waals surface area contributed by atoms with Crippen molar-refractivity contribution in [2.75, 3.05) is 14.2 Å². The Morgan fingerprint density at radius 2 is 1.62 bits per heavy atom. The minimum atomic E-state index is 0.915. The first-order valence-electron chi connectivity index (χ1n) is 5.29. The highest BCUT2D eigenvalue weighted by Gasteiger charge is 2.08. The van der Waals surface area contributed by atoms with E-state index < -0.39 is 0 Å². The lowest BCUT2D eigenvalue weighted by atomic mass is 10.0. The van der Waals surface area contributed by atoms with Gasteiger partial charge in [0.2, 0.25) is 0 Å². The average Bonchev–Trinajstić information content (AvgIpc) is 2.28. The molecular weight excluding hydrogens is 200 g/mol. The van der Waals surface area contributed by atoms with Gasteiger partial charge in [0, 0.05) is 5.39 Å². The summed E-state index contributed by atoms with van der Waals surface area (Å²) in [6, 6.07) is 8.32. The molecule has 2 rings (SSSR count). The Morgan fingerprint density at radius 3 is 2.25 bits per heavy atom. The summed E-state index contributed by atoms with van der Waals surface area (Å²) in [6.07, 6.45) is 0. The number of methoxy groups -OCH3 is 2. The summed E-state index contributed by atoms with van der Waals surface area (Å²) in [7, 11) is 3.40. The Kier molecular flexibility index (Phi) is 2.73. The summed E-state index contributed by atoms with van der Waals surface area (Å²) >= 11 is 0. The molecule has 2 nitrogen and oxygen atoms in total. The van der Waals surface area contributed by atoms with Crippen LogP contribution in [-0.2, 0) is 0 Å². The monoisotopic (exact) mass is 216 g/mol. The van der Waals surface area contributed by atoms with Gasteiger partial charge in [-0.2, -0.15) is 0 Å². The minimum Gasteiger partial charge on any atom is -0.496 e. The van der Waals surface area contributed by atoms with Crippen molar-refractivity contribution in [2.24, 2.45) is 0 Å². The summed E-state index contributed by atoms with van der Waals surface area (Å²) in [5.74, 6) is 1.86. The zero-order valence-electron chi connectivity index (χ0n) is 10.1. The highest BCUT2D eigenvalue weighted by Crippen LogP contribution is 2.33. The quantitative estimate of drug-likeness (QED) is 0.765. The molecule has 0 amide bonds. The average molecular weight is 216 g/mol. The summed E-state index contributed by atoms with van der Waals surface area (Å²) < 4.78 is 10.8. The van der Waals surface area contributed by atoms with E-state index in [4.69, 9.17) is 9.47 Å². The Morgan fingerprint density at radius 1 is 0.875 bits per heavy atom. The molecule has 0 aliphatic heterocycles. The number of ether oxygens (including phenoxy) is 2. The molecule has 84 valence electrons. The van der Waals surface area contributed by atoms with Crippen LogP contribution in [0.25, 0.3) is 10.8 Å². The van der Waals surface area contributed by atoms with Crippen LogP contribution in [0.1, 0.15) is 11.1 Å². The molecule has 0 saturated heterocycles. The molecule has 0 fully saturated rings. The van der Waals surface area contributed by atoms with Crippen molar-refractivity contribution in [3.8, 4) is 11.5 Å². The number of hydrogen-bond acceptors (Lipinski definition) is 2. The van der Waals surface area contributed by atoms with E-state index in [2.05, 4.69) is 25.1 Å². The van der Waals surface area contributed by atoms with Crippen LogP contribution >= 0.6 is 0 Å². The molecule has 0 heterocycles. The van der Waals surface area contributed by atoms with Gasteiger partial charge in [0.15, 0.2) is 0 Å². The first kappa shape index (κ1) is 10.8. The predicted octanol–water partition coefficient (Wildman–Crippen LogP) is 3.47. The van der Waals surface area contributed by atoms with Crippen molar-refractivity contribution >= 4 is 10.8 Å². The molecule has 0 spiro atoms. The predicted molar refractivity (Wildman–Crippen MR) is 66.5 cm³/mol. The molecule has 2 aromatic rings. The molecule has 0 atom stereocenters. The topological polar surface area (TPSA) is 18.5 Å². The van der Waals surface area contributed by atoms with Crippen molar-refractivity contribution in [1.29, 1.82) is 0 Å². The van der Waals surface area contributed by atoms with Crippen LogP contribution in [0.5, 0.6) is 11.5 Å². The molecule has 2 aromatic carbocycles. The summed E-state index contributed by atoms with van der Waals surface area (Å²) in [5.41, 5.74) is 2.28. The van der Waals surface area contributed by atoms with Crippen molar-refractivity contribution in [3.05, 3.63) is 35.4 Å². The SMILES string of the molecule is COc1cc2ccc(C)c(OC)c2cc1C. The van der Waals surface area contributed by atoms with Gasteiger partial charge in [-0.25, -0.2) is 0 Å². The lowest BCUT2D eigenvalue weighted by Crippen LogP contribution is -1.92. The zero-order chi connectivity index (χ0) is 11.7. The Balaban J connectivity index is 2.79. The third-order valence-electron chi connectivity index (χ3n) is 2.89. The van der Waals surface area contributed by atoms with Gasteiger partial charge in [-0.1, -0.05) is 12.1 Å². The van der Waals surface area contributed by atoms with E-state index in [1.54, 1.807) is 14.2 Å². The van der Waals surface area contributed by atoms with E-state index in [1.165, 1.54) is 0 Å². The number of aryl methyl sites for hydroxylation is 2. The van der Waals surface area contributed by atoms with Crippen molar-refractivity contribution in [2.45, 2.75) is 13.8 Å². The Bertz CT molecular complexity index is 530. The van der Waals surface area contributed by atoms with Gasteiger partial charge in [0.25, 0.3) is 0 Å². The maximum atomic E-state index is 5.45. The van der Waals surface area contributed by atoms with Crippen LogP contribution in [-0.4, -0.2) is 14.2 Å². The molecule has 0 aliphatic carbocycles. The standard InChI is InChI=1S/C14H16O2/c1-9-5-6-11-8-13(15-3)10(2)7-12(11)14(9)16-4/h5-8H,1-4H3. The van der Waals surface area contributed by atoms with Gasteiger partial charge in [-0.05, 0) is 42.5 Å². The molecule has 0 saturated carbocycles. The van der Waals surface area contributed by atoms with Gasteiger partial charge < -0.3 is 9.47 Å². The maximum Gasteiger partial charge on any atom is 0.129 e. The molecule has 2 heteroatoms. The summed E-state index contributed by atoms with van der Waals surface area (Å²) in [6.45, 7) is 4.10. The van der Waals surface area contributed by atoms with Crippen LogP contribution in [0.3, 0.4) is 0 Å². The van der Waals surface area contributed by atoms with Crippen molar-refractivity contribution in [3.63, 3.8) is 0 Å². The van der Waals surface area contributed by atoms with Crippen molar-refractivity contribution in [1.82, 2.24) is 0 Å². The van der Waals surface area contributed by atoms with E-state index in [0.717, 1.165) is 33.4 Å². The lowest BCUT2D eigenvalue weighted by molar-refractivity contribution is 0.411. The third kappa shape index (κ3) is 1.60. The van der Waals surface area contributed by atoms with Gasteiger partial charge >= 0.3 is 0 Å². The fourth-order valence-electron chi connectivity index (χ4n) is 2.03. The lowest BCUT2D eigenvalue weighted by Gasteiger charge is -2.12. The first-order valence-corrected chi connectivity index (χ1v) is 5.29. The Hall–Kier alpha value is -1.70. The van der Waals surface area contributed by atoms with E-state index in [-0.39, 0.29) is 0 Å². The minimum absolute atomic E-state index is 0.915. The molecule has 0 N–H and O–H groups in total. The smallest absolute Gasteiger partial charge is 0.129 e. The maximum absolute atomic E-state index is 5.45. The molecule has 0 unspecified atom stereocenters. The summed E-state index contributed by atoms with van der Waals surface area (Å²) in [5, 5.41) is 2.28. The second-order valence-electron chi connectivity index (χ2n) is 3.96. The molecule has 16 heavy (non-hydrogen) atoms. The van der Waals surface area contributed by atoms with Crippen LogP contribution in [0.4, 0.5) is 0 Å². The van der Waals surface area contributed by atoms with Crippen LogP contribution in [0.2, 0.25) is 0 Å². The first-order chi connectivity index (χ1) is 7.67. The number of hydrogen-bond donors (Lipinski definition) is 0. The Labute approximate surface area is 95.8 Å². The van der Waals surface area contributed by atoms with Gasteiger partial charge in [0.05, 0.1) is 14.2 Å². The highest BCUT2D eigenvalue weighted by atomic mass is 16.5. The number of fused-ring (bicyclic) bond motifs is 1. The van der Waals surface area contributed by atoms with Crippen LogP contribution in [0.15, 0.2) is 24.3 Å². The number of rotatable bonds is 2. The number of benzene rings is 2.